The summed E-state index contributed by atoms with van der Waals surface area (Å²) in [7, 11) is -3.92. The number of nitrogens with zero attached hydrogens (tertiary/aromatic N) is 2. The van der Waals surface area contributed by atoms with Gasteiger partial charge in [0.2, 0.25) is 15.9 Å². The van der Waals surface area contributed by atoms with Crippen molar-refractivity contribution in [1.82, 2.24) is 9.71 Å². The molecule has 3 N–H and O–H groups in total. The number of benzene rings is 2. The third-order valence-electron chi connectivity index (χ3n) is 5.10. The number of thiazole rings is 1. The van der Waals surface area contributed by atoms with Crippen molar-refractivity contribution >= 4 is 38.6 Å². The van der Waals surface area contributed by atoms with Gasteiger partial charge < -0.3 is 10.6 Å². The third kappa shape index (κ3) is 4.92. The SMILES string of the molecule is CC(C)(C)NS(=O)(=O)c1cc(N2CCCC2=O)ccc1-c1cnc(-c2ccc(N)c(F)c2)s1. The highest BCUT2D eigenvalue weighted by Gasteiger charge is 2.29. The molecule has 1 aliphatic rings. The van der Waals surface area contributed by atoms with Crippen molar-refractivity contribution in [3.05, 3.63) is 48.4 Å². The maximum Gasteiger partial charge on any atom is 0.241 e. The quantitative estimate of drug-likeness (QED) is 0.518. The van der Waals surface area contributed by atoms with Crippen LogP contribution in [-0.4, -0.2) is 31.4 Å². The van der Waals surface area contributed by atoms with Gasteiger partial charge in [-0.05, 0) is 57.5 Å². The summed E-state index contributed by atoms with van der Waals surface area (Å²) in [5, 5.41) is 0.537. The van der Waals surface area contributed by atoms with Crippen molar-refractivity contribution in [3.8, 4) is 21.0 Å². The summed E-state index contributed by atoms with van der Waals surface area (Å²) in [5.41, 5.74) is 6.46. The van der Waals surface area contributed by atoms with Gasteiger partial charge in [-0.25, -0.2) is 22.5 Å². The second-order valence-corrected chi connectivity index (χ2v) is 11.6. The second kappa shape index (κ2) is 8.51. The molecule has 2 aromatic carbocycles. The van der Waals surface area contributed by atoms with Crippen LogP contribution in [0.25, 0.3) is 21.0 Å². The Hall–Kier alpha value is -2.82. The highest BCUT2D eigenvalue weighted by Crippen LogP contribution is 2.38. The molecule has 1 aliphatic heterocycles. The predicted octanol–water partition coefficient (Wildman–Crippen LogP) is 4.40. The van der Waals surface area contributed by atoms with Crippen molar-refractivity contribution in [3.63, 3.8) is 0 Å². The number of nitrogen functional groups attached to an aromatic ring is 1. The van der Waals surface area contributed by atoms with E-state index in [1.54, 1.807) is 50.1 Å². The van der Waals surface area contributed by atoms with Gasteiger partial charge in [0, 0.05) is 41.5 Å². The lowest BCUT2D eigenvalue weighted by Crippen LogP contribution is -2.40. The van der Waals surface area contributed by atoms with Gasteiger partial charge in [-0.15, -0.1) is 11.3 Å². The molecule has 0 bridgehead atoms. The van der Waals surface area contributed by atoms with Gasteiger partial charge in [0.15, 0.2) is 0 Å². The van der Waals surface area contributed by atoms with Crippen LogP contribution in [0, 0.1) is 5.82 Å². The number of sulfonamides is 1. The maximum absolute atomic E-state index is 13.9. The molecule has 2 heterocycles. The number of carbonyl (C=O) groups is 1. The van der Waals surface area contributed by atoms with Crippen LogP contribution in [0.2, 0.25) is 0 Å². The summed E-state index contributed by atoms with van der Waals surface area (Å²) in [4.78, 5) is 18.9. The average Bonchev–Trinajstić information content (AvgIpc) is 3.37. The number of nitrogens with two attached hydrogens (primary N) is 1. The highest BCUT2D eigenvalue weighted by atomic mass is 32.2. The number of rotatable bonds is 5. The van der Waals surface area contributed by atoms with Crippen LogP contribution in [0.4, 0.5) is 15.8 Å². The van der Waals surface area contributed by atoms with Gasteiger partial charge in [0.1, 0.15) is 10.8 Å². The molecule has 174 valence electrons. The Labute approximate surface area is 196 Å². The average molecular weight is 489 g/mol. The lowest BCUT2D eigenvalue weighted by Gasteiger charge is -2.23. The first-order valence-corrected chi connectivity index (χ1v) is 12.7. The van der Waals surface area contributed by atoms with E-state index < -0.39 is 21.4 Å². The van der Waals surface area contributed by atoms with E-state index in [-0.39, 0.29) is 16.5 Å². The molecule has 1 aromatic heterocycles. The van der Waals surface area contributed by atoms with Crippen LogP contribution >= 0.6 is 11.3 Å². The Bertz CT molecular complexity index is 1330. The molecule has 0 spiro atoms. The molecule has 4 rings (SSSR count). The number of carbonyl (C=O) groups excluding carboxylic acids is 1. The molecule has 3 aromatic rings. The van der Waals surface area contributed by atoms with Gasteiger partial charge >= 0.3 is 0 Å². The van der Waals surface area contributed by atoms with Crippen molar-refractivity contribution in [1.29, 1.82) is 0 Å². The first-order chi connectivity index (χ1) is 15.4. The summed E-state index contributed by atoms with van der Waals surface area (Å²) in [6, 6.07) is 9.42. The minimum absolute atomic E-state index is 0.0275. The Morgan fingerprint density at radius 1 is 1.18 bits per heavy atom. The molecule has 1 fully saturated rings. The summed E-state index contributed by atoms with van der Waals surface area (Å²) >= 11 is 1.25. The molecule has 33 heavy (non-hydrogen) atoms. The molecule has 0 radical (unpaired) electrons. The van der Waals surface area contributed by atoms with Gasteiger partial charge in [0.05, 0.1) is 15.5 Å². The number of halogens is 1. The van der Waals surface area contributed by atoms with Crippen LogP contribution < -0.4 is 15.4 Å². The molecule has 0 saturated carbocycles. The first-order valence-electron chi connectivity index (χ1n) is 10.4. The number of anilines is 2. The fraction of sp³-hybridized carbons (Fsp3) is 0.304. The fourth-order valence-electron chi connectivity index (χ4n) is 3.68. The Balaban J connectivity index is 1.81. The molecule has 0 aliphatic carbocycles. The smallest absolute Gasteiger partial charge is 0.241 e. The van der Waals surface area contributed by atoms with E-state index in [1.165, 1.54) is 29.5 Å². The predicted molar refractivity (Wildman–Crippen MR) is 129 cm³/mol. The van der Waals surface area contributed by atoms with Crippen LogP contribution in [0.15, 0.2) is 47.5 Å². The number of aromatic nitrogens is 1. The molecular formula is C23H25FN4O3S2. The molecule has 0 unspecified atom stereocenters. The second-order valence-electron chi connectivity index (χ2n) is 8.95. The molecule has 1 amide bonds. The monoisotopic (exact) mass is 488 g/mol. The molecule has 7 nitrogen and oxygen atoms in total. The summed E-state index contributed by atoms with van der Waals surface area (Å²) in [5.74, 6) is -0.568. The third-order valence-corrected chi connectivity index (χ3v) is 7.98. The van der Waals surface area contributed by atoms with E-state index in [0.29, 0.717) is 39.7 Å². The van der Waals surface area contributed by atoms with Crippen LogP contribution in [-0.2, 0) is 14.8 Å². The van der Waals surface area contributed by atoms with Crippen LogP contribution in [0.3, 0.4) is 0 Å². The van der Waals surface area contributed by atoms with Gasteiger partial charge in [-0.2, -0.15) is 0 Å². The number of hydrogen-bond donors (Lipinski definition) is 2. The zero-order chi connectivity index (χ0) is 24.0. The van der Waals surface area contributed by atoms with Gasteiger partial charge in [-0.3, -0.25) is 4.79 Å². The topological polar surface area (TPSA) is 105 Å². The van der Waals surface area contributed by atoms with E-state index in [9.17, 15) is 17.6 Å². The van der Waals surface area contributed by atoms with Crippen molar-refractivity contribution < 1.29 is 17.6 Å². The lowest BCUT2D eigenvalue weighted by atomic mass is 10.1. The Morgan fingerprint density at radius 2 is 1.94 bits per heavy atom. The van der Waals surface area contributed by atoms with E-state index >= 15 is 0 Å². The zero-order valence-electron chi connectivity index (χ0n) is 18.6. The van der Waals surface area contributed by atoms with E-state index in [1.807, 2.05) is 0 Å². The maximum atomic E-state index is 13.9. The number of nitrogens with one attached hydrogen (secondary N) is 1. The first kappa shape index (κ1) is 23.3. The minimum atomic E-state index is -3.92. The van der Waals surface area contributed by atoms with E-state index in [2.05, 4.69) is 9.71 Å². The normalized spacial score (nSPS) is 14.8. The summed E-state index contributed by atoms with van der Waals surface area (Å²) in [6.45, 7) is 5.84. The molecular weight excluding hydrogens is 463 g/mol. The van der Waals surface area contributed by atoms with Crippen LogP contribution in [0.5, 0.6) is 0 Å². The van der Waals surface area contributed by atoms with Gasteiger partial charge in [0.25, 0.3) is 0 Å². The molecule has 10 heteroatoms. The van der Waals surface area contributed by atoms with Crippen LogP contribution in [0.1, 0.15) is 33.6 Å². The van der Waals surface area contributed by atoms with Crippen molar-refractivity contribution in [2.45, 2.75) is 44.0 Å². The van der Waals surface area contributed by atoms with Gasteiger partial charge in [-0.1, -0.05) is 6.07 Å². The zero-order valence-corrected chi connectivity index (χ0v) is 20.2. The minimum Gasteiger partial charge on any atom is -0.396 e. The standard InChI is InChI=1S/C23H25FN4O3S2/c1-23(2,3)27-33(30,31)20-12-15(28-10-4-5-21(28)29)7-8-16(20)19-13-26-22(32-19)14-6-9-18(25)17(24)11-14/h6-9,11-13,27H,4-5,10,25H2,1-3H3. The number of amides is 1. The fourth-order valence-corrected chi connectivity index (χ4v) is 6.35. The lowest BCUT2D eigenvalue weighted by molar-refractivity contribution is -0.117. The van der Waals surface area contributed by atoms with E-state index in [0.717, 1.165) is 6.42 Å². The summed E-state index contributed by atoms with van der Waals surface area (Å²) in [6.07, 6.45) is 2.75. The Morgan fingerprint density at radius 3 is 2.58 bits per heavy atom. The number of hydrogen-bond acceptors (Lipinski definition) is 6. The molecule has 1 saturated heterocycles. The summed E-state index contributed by atoms with van der Waals surface area (Å²) < 4.78 is 43.3. The highest BCUT2D eigenvalue weighted by molar-refractivity contribution is 7.89. The largest absolute Gasteiger partial charge is 0.396 e. The Kier molecular flexibility index (Phi) is 6.02. The van der Waals surface area contributed by atoms with Crippen molar-refractivity contribution in [2.75, 3.05) is 17.2 Å². The van der Waals surface area contributed by atoms with Crippen molar-refractivity contribution in [2.24, 2.45) is 0 Å². The molecule has 0 atom stereocenters. The van der Waals surface area contributed by atoms with E-state index in [4.69, 9.17) is 5.73 Å².